The number of nitrogens with zero attached hydrogens (tertiary/aromatic N) is 3. The van der Waals surface area contributed by atoms with Gasteiger partial charge in [0.15, 0.2) is 17.3 Å². The molecule has 0 aliphatic heterocycles. The highest BCUT2D eigenvalue weighted by Crippen LogP contribution is 2.43. The van der Waals surface area contributed by atoms with Crippen LogP contribution in [0.15, 0.2) is 16.9 Å². The van der Waals surface area contributed by atoms with Crippen molar-refractivity contribution in [1.82, 2.24) is 14.7 Å². The summed E-state index contributed by atoms with van der Waals surface area (Å²) in [6.45, 7) is 0. The van der Waals surface area contributed by atoms with E-state index in [0.29, 0.717) is 17.3 Å². The van der Waals surface area contributed by atoms with E-state index >= 15 is 0 Å². The number of aryl methyl sites for hydroxylation is 1. The number of rotatable bonds is 3. The van der Waals surface area contributed by atoms with Crippen LogP contribution >= 0.6 is 0 Å². The average Bonchev–Trinajstić information content (AvgIpc) is 2.89. The number of hydrogen-bond donors (Lipinski definition) is 1. The molecule has 17 heavy (non-hydrogen) atoms. The number of aromatic nitrogens is 3. The van der Waals surface area contributed by atoms with E-state index in [0.717, 1.165) is 12.8 Å². The first-order valence-electron chi connectivity index (χ1n) is 5.39. The normalized spacial score (nSPS) is 15.1. The fourth-order valence-electron chi connectivity index (χ4n) is 1.88. The van der Waals surface area contributed by atoms with E-state index in [1.807, 2.05) is 0 Å². The van der Waals surface area contributed by atoms with Crippen molar-refractivity contribution in [1.29, 1.82) is 0 Å². The molecule has 0 radical (unpaired) electrons. The SMILES string of the molecule is Cn1ccnc1-c1noc(C2CC2)c1C(=O)O. The van der Waals surface area contributed by atoms with E-state index in [1.165, 1.54) is 0 Å². The van der Waals surface area contributed by atoms with Gasteiger partial charge in [-0.05, 0) is 12.8 Å². The molecular formula is C11H11N3O3. The van der Waals surface area contributed by atoms with Gasteiger partial charge in [0.2, 0.25) is 0 Å². The summed E-state index contributed by atoms with van der Waals surface area (Å²) in [5, 5.41) is 13.1. The molecule has 1 saturated carbocycles. The molecule has 1 N–H and O–H groups in total. The molecule has 88 valence electrons. The van der Waals surface area contributed by atoms with Gasteiger partial charge in [-0.2, -0.15) is 0 Å². The van der Waals surface area contributed by atoms with Crippen LogP contribution in [-0.2, 0) is 7.05 Å². The Hall–Kier alpha value is -2.11. The lowest BCUT2D eigenvalue weighted by atomic mass is 10.1. The van der Waals surface area contributed by atoms with E-state index in [4.69, 9.17) is 4.52 Å². The van der Waals surface area contributed by atoms with Crippen LogP contribution in [0.1, 0.15) is 34.9 Å². The Morgan fingerprint density at radius 2 is 2.35 bits per heavy atom. The first-order valence-corrected chi connectivity index (χ1v) is 5.39. The molecule has 1 aliphatic carbocycles. The molecule has 0 atom stereocenters. The quantitative estimate of drug-likeness (QED) is 0.871. The number of carboxylic acids is 1. The fraction of sp³-hybridized carbons (Fsp3) is 0.364. The molecule has 6 heteroatoms. The summed E-state index contributed by atoms with van der Waals surface area (Å²) in [6, 6.07) is 0. The molecule has 2 heterocycles. The minimum atomic E-state index is -1.01. The number of aromatic carboxylic acids is 1. The van der Waals surface area contributed by atoms with Crippen LogP contribution in [0.3, 0.4) is 0 Å². The summed E-state index contributed by atoms with van der Waals surface area (Å²) in [5.74, 6) is 0.197. The summed E-state index contributed by atoms with van der Waals surface area (Å²) in [6.07, 6.45) is 5.28. The van der Waals surface area contributed by atoms with Gasteiger partial charge in [-0.1, -0.05) is 5.16 Å². The Bertz CT molecular complexity index is 581. The highest BCUT2D eigenvalue weighted by atomic mass is 16.5. The molecule has 0 saturated heterocycles. The summed E-state index contributed by atoms with van der Waals surface area (Å²) >= 11 is 0. The number of imidazole rings is 1. The number of hydrogen-bond acceptors (Lipinski definition) is 4. The zero-order valence-corrected chi connectivity index (χ0v) is 9.25. The number of carboxylic acid groups (broad SMARTS) is 1. The molecule has 0 spiro atoms. The van der Waals surface area contributed by atoms with Gasteiger partial charge in [0.1, 0.15) is 5.56 Å². The minimum Gasteiger partial charge on any atom is -0.477 e. The van der Waals surface area contributed by atoms with Crippen LogP contribution < -0.4 is 0 Å². The lowest BCUT2D eigenvalue weighted by Gasteiger charge is -1.98. The van der Waals surface area contributed by atoms with Crippen LogP contribution in [0.2, 0.25) is 0 Å². The van der Waals surface area contributed by atoms with Gasteiger partial charge in [-0.3, -0.25) is 0 Å². The third-order valence-corrected chi connectivity index (χ3v) is 2.91. The average molecular weight is 233 g/mol. The molecule has 0 unspecified atom stereocenters. The largest absolute Gasteiger partial charge is 0.477 e. The molecule has 2 aromatic heterocycles. The standard InChI is InChI=1S/C11H11N3O3/c1-14-5-4-12-10(14)8-7(11(15)16)9(17-13-8)6-2-3-6/h4-6H,2-3H2,1H3,(H,15,16). The van der Waals surface area contributed by atoms with Crippen LogP contribution in [0.4, 0.5) is 0 Å². The van der Waals surface area contributed by atoms with Gasteiger partial charge in [-0.25, -0.2) is 9.78 Å². The van der Waals surface area contributed by atoms with Gasteiger partial charge in [-0.15, -0.1) is 0 Å². The third-order valence-electron chi connectivity index (χ3n) is 2.91. The van der Waals surface area contributed by atoms with Gasteiger partial charge in [0.25, 0.3) is 0 Å². The first kappa shape index (κ1) is 10.1. The first-order chi connectivity index (χ1) is 8.18. The van der Waals surface area contributed by atoms with Crippen molar-refractivity contribution >= 4 is 5.97 Å². The second-order valence-corrected chi connectivity index (χ2v) is 4.21. The van der Waals surface area contributed by atoms with E-state index in [2.05, 4.69) is 10.1 Å². The van der Waals surface area contributed by atoms with Gasteiger partial charge >= 0.3 is 5.97 Å². The second-order valence-electron chi connectivity index (χ2n) is 4.21. The summed E-state index contributed by atoms with van der Waals surface area (Å²) in [4.78, 5) is 15.4. The van der Waals surface area contributed by atoms with E-state index in [1.54, 1.807) is 24.0 Å². The van der Waals surface area contributed by atoms with Crippen molar-refractivity contribution in [3.8, 4) is 11.5 Å². The Morgan fingerprint density at radius 3 is 2.88 bits per heavy atom. The van der Waals surface area contributed by atoms with E-state index in [-0.39, 0.29) is 11.5 Å². The minimum absolute atomic E-state index is 0.154. The monoisotopic (exact) mass is 233 g/mol. The summed E-state index contributed by atoms with van der Waals surface area (Å²) in [7, 11) is 1.79. The predicted octanol–water partition coefficient (Wildman–Crippen LogP) is 1.65. The smallest absolute Gasteiger partial charge is 0.341 e. The van der Waals surface area contributed by atoms with Crippen molar-refractivity contribution in [2.24, 2.45) is 7.05 Å². The van der Waals surface area contributed by atoms with Crippen molar-refractivity contribution in [2.45, 2.75) is 18.8 Å². The van der Waals surface area contributed by atoms with Gasteiger partial charge < -0.3 is 14.2 Å². The molecule has 6 nitrogen and oxygen atoms in total. The predicted molar refractivity (Wildman–Crippen MR) is 57.6 cm³/mol. The van der Waals surface area contributed by atoms with Crippen LogP contribution in [0.25, 0.3) is 11.5 Å². The highest BCUT2D eigenvalue weighted by molar-refractivity contribution is 5.95. The van der Waals surface area contributed by atoms with Gasteiger partial charge in [0, 0.05) is 25.4 Å². The Labute approximate surface area is 96.9 Å². The summed E-state index contributed by atoms with van der Waals surface area (Å²) in [5.41, 5.74) is 0.466. The fourth-order valence-corrected chi connectivity index (χ4v) is 1.88. The molecule has 2 aromatic rings. The lowest BCUT2D eigenvalue weighted by molar-refractivity contribution is 0.0695. The maximum absolute atomic E-state index is 11.3. The zero-order valence-electron chi connectivity index (χ0n) is 9.25. The molecule has 0 amide bonds. The van der Waals surface area contributed by atoms with E-state index in [9.17, 15) is 9.90 Å². The number of carbonyl (C=O) groups is 1. The van der Waals surface area contributed by atoms with Crippen LogP contribution in [0, 0.1) is 0 Å². The van der Waals surface area contributed by atoms with Crippen LogP contribution in [0.5, 0.6) is 0 Å². The zero-order chi connectivity index (χ0) is 12.0. The third kappa shape index (κ3) is 1.52. The molecule has 0 aromatic carbocycles. The highest BCUT2D eigenvalue weighted by Gasteiger charge is 2.36. The van der Waals surface area contributed by atoms with Crippen LogP contribution in [-0.4, -0.2) is 25.8 Å². The topological polar surface area (TPSA) is 81.2 Å². The molecule has 1 aliphatic rings. The molecular weight excluding hydrogens is 222 g/mol. The van der Waals surface area contributed by atoms with Crippen molar-refractivity contribution in [3.05, 3.63) is 23.7 Å². The van der Waals surface area contributed by atoms with Crippen molar-refractivity contribution in [3.63, 3.8) is 0 Å². The van der Waals surface area contributed by atoms with Crippen molar-refractivity contribution in [2.75, 3.05) is 0 Å². The Morgan fingerprint density at radius 1 is 1.59 bits per heavy atom. The van der Waals surface area contributed by atoms with Gasteiger partial charge in [0.05, 0.1) is 0 Å². The maximum Gasteiger partial charge on any atom is 0.341 e. The summed E-state index contributed by atoms with van der Waals surface area (Å²) < 4.78 is 6.90. The molecule has 0 bridgehead atoms. The second kappa shape index (κ2) is 3.44. The lowest BCUT2D eigenvalue weighted by Crippen LogP contribution is -2.03. The van der Waals surface area contributed by atoms with Crippen molar-refractivity contribution < 1.29 is 14.4 Å². The van der Waals surface area contributed by atoms with E-state index < -0.39 is 5.97 Å². The Balaban J connectivity index is 2.17. The Kier molecular flexibility index (Phi) is 2.04. The molecule has 3 rings (SSSR count). The maximum atomic E-state index is 11.3. The molecule has 1 fully saturated rings.